The van der Waals surface area contributed by atoms with Crippen LogP contribution in [-0.4, -0.2) is 15.7 Å². The highest BCUT2D eigenvalue weighted by Crippen LogP contribution is 2.25. The smallest absolute Gasteiger partial charge is 0.251 e. The van der Waals surface area contributed by atoms with Gasteiger partial charge in [0.1, 0.15) is 12.4 Å². The van der Waals surface area contributed by atoms with E-state index in [9.17, 15) is 4.79 Å². The van der Waals surface area contributed by atoms with Gasteiger partial charge in [0.25, 0.3) is 5.91 Å². The Morgan fingerprint density at radius 1 is 1.16 bits per heavy atom. The predicted octanol–water partition coefficient (Wildman–Crippen LogP) is 5.58. The molecule has 0 fully saturated rings. The average Bonchev–Trinajstić information content (AvgIpc) is 3.12. The van der Waals surface area contributed by atoms with Crippen LogP contribution in [0.15, 0.2) is 54.7 Å². The standard InChI is InChI=1S/C26H33N3O2/c1-7-29-19(3)24(16-27-29)18(2)28-25(30)21-10-8-9-20(15-21)17-31-23-13-11-22(12-14-23)26(4,5)6/h8-16,18H,7,17H2,1-6H3,(H,28,30). The minimum absolute atomic E-state index is 0.104. The molecule has 1 unspecified atom stereocenters. The minimum atomic E-state index is -0.117. The quantitative estimate of drug-likeness (QED) is 0.544. The van der Waals surface area contributed by atoms with Gasteiger partial charge in [-0.3, -0.25) is 9.48 Å². The molecule has 0 saturated heterocycles. The van der Waals surface area contributed by atoms with E-state index in [1.165, 1.54) is 5.56 Å². The summed E-state index contributed by atoms with van der Waals surface area (Å²) in [4.78, 5) is 12.8. The number of hydrogen-bond acceptors (Lipinski definition) is 3. The number of rotatable bonds is 7. The van der Waals surface area contributed by atoms with Gasteiger partial charge in [-0.1, -0.05) is 45.0 Å². The number of ether oxygens (including phenoxy) is 1. The molecule has 1 heterocycles. The third-order valence-corrected chi connectivity index (χ3v) is 5.57. The van der Waals surface area contributed by atoms with Crippen LogP contribution in [0.1, 0.15) is 73.4 Å². The van der Waals surface area contributed by atoms with Gasteiger partial charge in [0.05, 0.1) is 12.2 Å². The van der Waals surface area contributed by atoms with Crippen molar-refractivity contribution in [2.45, 2.75) is 66.2 Å². The predicted molar refractivity (Wildman–Crippen MR) is 124 cm³/mol. The third-order valence-electron chi connectivity index (χ3n) is 5.57. The van der Waals surface area contributed by atoms with E-state index in [0.717, 1.165) is 29.1 Å². The number of benzene rings is 2. The highest BCUT2D eigenvalue weighted by atomic mass is 16.5. The van der Waals surface area contributed by atoms with Crippen molar-refractivity contribution < 1.29 is 9.53 Å². The highest BCUT2D eigenvalue weighted by molar-refractivity contribution is 5.94. The molecule has 5 heteroatoms. The van der Waals surface area contributed by atoms with E-state index in [1.807, 2.05) is 61.1 Å². The highest BCUT2D eigenvalue weighted by Gasteiger charge is 2.17. The fourth-order valence-corrected chi connectivity index (χ4v) is 3.58. The Morgan fingerprint density at radius 2 is 1.87 bits per heavy atom. The lowest BCUT2D eigenvalue weighted by atomic mass is 9.87. The minimum Gasteiger partial charge on any atom is -0.489 e. The van der Waals surface area contributed by atoms with Gasteiger partial charge in [0, 0.05) is 23.4 Å². The lowest BCUT2D eigenvalue weighted by Gasteiger charge is -2.19. The van der Waals surface area contributed by atoms with Crippen molar-refractivity contribution >= 4 is 5.91 Å². The summed E-state index contributed by atoms with van der Waals surface area (Å²) in [5, 5.41) is 7.45. The van der Waals surface area contributed by atoms with Crippen LogP contribution in [0.25, 0.3) is 0 Å². The van der Waals surface area contributed by atoms with Gasteiger partial charge in [-0.15, -0.1) is 0 Å². The Kier molecular flexibility index (Phi) is 6.84. The first-order valence-corrected chi connectivity index (χ1v) is 10.8. The molecule has 3 aromatic rings. The molecule has 31 heavy (non-hydrogen) atoms. The molecule has 1 N–H and O–H groups in total. The van der Waals surface area contributed by atoms with E-state index >= 15 is 0 Å². The Hall–Kier alpha value is -3.08. The van der Waals surface area contributed by atoms with Crippen molar-refractivity contribution in [1.29, 1.82) is 0 Å². The molecule has 0 aliphatic heterocycles. The molecule has 0 aliphatic carbocycles. The van der Waals surface area contributed by atoms with E-state index in [2.05, 4.69) is 50.2 Å². The van der Waals surface area contributed by atoms with Crippen LogP contribution in [0.2, 0.25) is 0 Å². The summed E-state index contributed by atoms with van der Waals surface area (Å²) in [6.45, 7) is 13.9. The van der Waals surface area contributed by atoms with Crippen LogP contribution >= 0.6 is 0 Å². The molecule has 1 amide bonds. The first kappa shape index (κ1) is 22.6. The molecule has 0 spiro atoms. The zero-order valence-electron chi connectivity index (χ0n) is 19.4. The van der Waals surface area contributed by atoms with Gasteiger partial charge < -0.3 is 10.1 Å². The topological polar surface area (TPSA) is 56.2 Å². The zero-order valence-corrected chi connectivity index (χ0v) is 19.4. The lowest BCUT2D eigenvalue weighted by Crippen LogP contribution is -2.27. The molecule has 3 rings (SSSR count). The van der Waals surface area contributed by atoms with Gasteiger partial charge in [-0.25, -0.2) is 0 Å². The summed E-state index contributed by atoms with van der Waals surface area (Å²) in [6.07, 6.45) is 1.83. The van der Waals surface area contributed by atoms with Crippen LogP contribution in [-0.2, 0) is 18.6 Å². The van der Waals surface area contributed by atoms with Crippen molar-refractivity contribution in [2.24, 2.45) is 0 Å². The third kappa shape index (κ3) is 5.54. The number of aromatic nitrogens is 2. The summed E-state index contributed by atoms with van der Waals surface area (Å²) < 4.78 is 7.87. The normalized spacial score (nSPS) is 12.5. The second kappa shape index (κ2) is 9.38. The molecule has 0 radical (unpaired) electrons. The molecule has 2 aromatic carbocycles. The number of amides is 1. The molecule has 0 bridgehead atoms. The summed E-state index contributed by atoms with van der Waals surface area (Å²) in [5.74, 6) is 0.715. The van der Waals surface area contributed by atoms with E-state index in [4.69, 9.17) is 4.74 Å². The van der Waals surface area contributed by atoms with Gasteiger partial charge in [-0.2, -0.15) is 5.10 Å². The zero-order chi connectivity index (χ0) is 22.6. The Morgan fingerprint density at radius 3 is 2.48 bits per heavy atom. The second-order valence-electron chi connectivity index (χ2n) is 8.96. The lowest BCUT2D eigenvalue weighted by molar-refractivity contribution is 0.0939. The van der Waals surface area contributed by atoms with Gasteiger partial charge in [0.2, 0.25) is 0 Å². The monoisotopic (exact) mass is 419 g/mol. The fourth-order valence-electron chi connectivity index (χ4n) is 3.58. The van der Waals surface area contributed by atoms with Crippen molar-refractivity contribution in [3.05, 3.63) is 82.7 Å². The molecule has 164 valence electrons. The van der Waals surface area contributed by atoms with Crippen LogP contribution in [0.5, 0.6) is 5.75 Å². The van der Waals surface area contributed by atoms with Gasteiger partial charge >= 0.3 is 0 Å². The second-order valence-corrected chi connectivity index (χ2v) is 8.96. The summed E-state index contributed by atoms with van der Waals surface area (Å²) >= 11 is 0. The van der Waals surface area contributed by atoms with Crippen LogP contribution in [0.4, 0.5) is 0 Å². The fraction of sp³-hybridized carbons (Fsp3) is 0.385. The Labute approximate surface area is 185 Å². The maximum atomic E-state index is 12.8. The van der Waals surface area contributed by atoms with Crippen molar-refractivity contribution in [1.82, 2.24) is 15.1 Å². The summed E-state index contributed by atoms with van der Waals surface area (Å²) in [7, 11) is 0. The average molecular weight is 420 g/mol. The van der Waals surface area contributed by atoms with E-state index in [-0.39, 0.29) is 17.4 Å². The van der Waals surface area contributed by atoms with E-state index in [0.29, 0.717) is 12.2 Å². The number of nitrogens with one attached hydrogen (secondary N) is 1. The SMILES string of the molecule is CCn1ncc(C(C)NC(=O)c2cccc(COc3ccc(C(C)(C)C)cc3)c2)c1C. The van der Waals surface area contributed by atoms with Gasteiger partial charge in [-0.05, 0) is 61.6 Å². The van der Waals surface area contributed by atoms with Crippen molar-refractivity contribution in [3.63, 3.8) is 0 Å². The summed E-state index contributed by atoms with van der Waals surface area (Å²) in [6, 6.07) is 15.6. The van der Waals surface area contributed by atoms with Crippen LogP contribution in [0, 0.1) is 6.92 Å². The molecule has 0 saturated carbocycles. The number of nitrogens with zero attached hydrogens (tertiary/aromatic N) is 2. The molecular formula is C26H33N3O2. The van der Waals surface area contributed by atoms with Gasteiger partial charge in [0.15, 0.2) is 0 Å². The number of hydrogen-bond donors (Lipinski definition) is 1. The molecule has 1 aromatic heterocycles. The van der Waals surface area contributed by atoms with E-state index in [1.54, 1.807) is 0 Å². The first-order chi connectivity index (χ1) is 14.7. The van der Waals surface area contributed by atoms with Crippen LogP contribution in [0.3, 0.4) is 0 Å². The van der Waals surface area contributed by atoms with Crippen molar-refractivity contribution in [3.8, 4) is 5.75 Å². The largest absolute Gasteiger partial charge is 0.489 e. The number of carbonyl (C=O) groups excluding carboxylic acids is 1. The number of aryl methyl sites for hydroxylation is 1. The Balaban J connectivity index is 1.62. The first-order valence-electron chi connectivity index (χ1n) is 10.8. The molecule has 0 aliphatic rings. The maximum absolute atomic E-state index is 12.8. The van der Waals surface area contributed by atoms with Crippen molar-refractivity contribution in [2.75, 3.05) is 0 Å². The molecule has 1 atom stereocenters. The Bertz CT molecular complexity index is 1030. The maximum Gasteiger partial charge on any atom is 0.251 e. The molecular weight excluding hydrogens is 386 g/mol. The molecule has 5 nitrogen and oxygen atoms in total. The summed E-state index contributed by atoms with van der Waals surface area (Å²) in [5.41, 5.74) is 5.08. The van der Waals surface area contributed by atoms with E-state index < -0.39 is 0 Å². The van der Waals surface area contributed by atoms with Crippen LogP contribution < -0.4 is 10.1 Å². The number of carbonyl (C=O) groups is 1.